The third-order valence-electron chi connectivity index (χ3n) is 2.44. The molecule has 0 aliphatic carbocycles. The van der Waals surface area contributed by atoms with Crippen molar-refractivity contribution >= 4 is 17.3 Å². The van der Waals surface area contributed by atoms with Gasteiger partial charge >= 0.3 is 5.97 Å². The molecule has 0 amide bonds. The fourth-order valence-electron chi connectivity index (χ4n) is 1.53. The first-order valence-corrected chi connectivity index (χ1v) is 6.39. The molecule has 0 aliphatic heterocycles. The first kappa shape index (κ1) is 13.2. The van der Waals surface area contributed by atoms with E-state index in [1.165, 1.54) is 7.11 Å². The fourth-order valence-corrected chi connectivity index (χ4v) is 2.58. The lowest BCUT2D eigenvalue weighted by molar-refractivity contribution is -0.150. The van der Waals surface area contributed by atoms with E-state index in [9.17, 15) is 4.79 Å². The van der Waals surface area contributed by atoms with Crippen LogP contribution in [0.2, 0.25) is 0 Å². The van der Waals surface area contributed by atoms with Crippen molar-refractivity contribution in [3.63, 3.8) is 0 Å². The van der Waals surface area contributed by atoms with Crippen LogP contribution in [0.5, 0.6) is 0 Å². The van der Waals surface area contributed by atoms with Crippen molar-refractivity contribution in [2.75, 3.05) is 7.11 Å². The first-order chi connectivity index (χ1) is 7.49. The number of carbonyl (C=O) groups is 1. The summed E-state index contributed by atoms with van der Waals surface area (Å²) in [6.45, 7) is 5.91. The molecule has 0 spiro atoms. The lowest BCUT2D eigenvalue weighted by atomic mass is 9.90. The molecule has 0 saturated heterocycles. The molecule has 0 aliphatic rings. The zero-order chi connectivity index (χ0) is 12.2. The van der Waals surface area contributed by atoms with E-state index >= 15 is 0 Å². The van der Waals surface area contributed by atoms with Gasteiger partial charge in [-0.05, 0) is 20.3 Å². The molecule has 0 fully saturated rings. The number of ether oxygens (including phenoxy) is 1. The van der Waals surface area contributed by atoms with Gasteiger partial charge in [-0.1, -0.05) is 13.3 Å². The van der Waals surface area contributed by atoms with E-state index in [1.54, 1.807) is 11.3 Å². The van der Waals surface area contributed by atoms with E-state index in [1.807, 2.05) is 13.8 Å². The summed E-state index contributed by atoms with van der Waals surface area (Å²) in [5.74, 6) is -0.181. The fraction of sp³-hybridized carbons (Fsp3) is 0.667. The molecule has 3 nitrogen and oxygen atoms in total. The number of rotatable bonds is 5. The Labute approximate surface area is 101 Å². The second-order valence-electron chi connectivity index (χ2n) is 4.53. The van der Waals surface area contributed by atoms with E-state index in [2.05, 4.69) is 17.3 Å². The second-order valence-corrected chi connectivity index (χ2v) is 5.48. The summed E-state index contributed by atoms with van der Waals surface area (Å²) in [6.07, 6.45) is 2.76. The molecule has 0 aromatic carbocycles. The van der Waals surface area contributed by atoms with E-state index in [0.717, 1.165) is 23.5 Å². The Morgan fingerprint density at radius 2 is 2.25 bits per heavy atom. The number of carbonyl (C=O) groups excluding carboxylic acids is 1. The van der Waals surface area contributed by atoms with Crippen molar-refractivity contribution in [2.45, 2.75) is 40.0 Å². The predicted octanol–water partition coefficient (Wildman–Crippen LogP) is 2.84. The van der Waals surface area contributed by atoms with Gasteiger partial charge in [-0.15, -0.1) is 11.3 Å². The largest absolute Gasteiger partial charge is 0.469 e. The minimum absolute atomic E-state index is 0.181. The Morgan fingerprint density at radius 1 is 1.56 bits per heavy atom. The highest BCUT2D eigenvalue weighted by Crippen LogP contribution is 2.25. The quantitative estimate of drug-likeness (QED) is 0.744. The molecule has 90 valence electrons. The van der Waals surface area contributed by atoms with Gasteiger partial charge in [0.15, 0.2) is 0 Å². The van der Waals surface area contributed by atoms with Crippen LogP contribution in [-0.2, 0) is 22.4 Å². The minimum atomic E-state index is -0.490. The van der Waals surface area contributed by atoms with Gasteiger partial charge in [0.05, 0.1) is 23.2 Å². The topological polar surface area (TPSA) is 39.2 Å². The number of methoxy groups -OCH3 is 1. The van der Waals surface area contributed by atoms with Gasteiger partial charge in [-0.25, -0.2) is 4.98 Å². The van der Waals surface area contributed by atoms with Crippen molar-refractivity contribution in [1.82, 2.24) is 4.98 Å². The Hall–Kier alpha value is -0.900. The average molecular weight is 241 g/mol. The number of nitrogens with zero attached hydrogens (tertiary/aromatic N) is 1. The highest BCUT2D eigenvalue weighted by atomic mass is 32.1. The van der Waals surface area contributed by atoms with Gasteiger partial charge < -0.3 is 4.74 Å². The van der Waals surface area contributed by atoms with Crippen LogP contribution in [0.4, 0.5) is 0 Å². The molecule has 16 heavy (non-hydrogen) atoms. The highest BCUT2D eigenvalue weighted by molar-refractivity contribution is 7.09. The van der Waals surface area contributed by atoms with Crippen LogP contribution < -0.4 is 0 Å². The maximum Gasteiger partial charge on any atom is 0.311 e. The van der Waals surface area contributed by atoms with Crippen LogP contribution in [0.25, 0.3) is 0 Å². The molecule has 1 aromatic rings. The molecule has 0 saturated carbocycles. The highest BCUT2D eigenvalue weighted by Gasteiger charge is 2.30. The van der Waals surface area contributed by atoms with Crippen molar-refractivity contribution in [3.05, 3.63) is 16.1 Å². The van der Waals surface area contributed by atoms with Crippen LogP contribution in [0.3, 0.4) is 0 Å². The van der Waals surface area contributed by atoms with E-state index < -0.39 is 5.41 Å². The maximum absolute atomic E-state index is 11.5. The Balaban J connectivity index is 2.68. The summed E-state index contributed by atoms with van der Waals surface area (Å²) in [5.41, 5.74) is 0.638. The van der Waals surface area contributed by atoms with Gasteiger partial charge in [0, 0.05) is 11.8 Å². The van der Waals surface area contributed by atoms with Gasteiger partial charge in [-0.2, -0.15) is 0 Å². The summed E-state index contributed by atoms with van der Waals surface area (Å²) >= 11 is 1.63. The average Bonchev–Trinajstić information content (AvgIpc) is 2.64. The number of esters is 1. The van der Waals surface area contributed by atoms with Crippen LogP contribution in [0, 0.1) is 5.41 Å². The lowest BCUT2D eigenvalue weighted by Gasteiger charge is -2.19. The second kappa shape index (κ2) is 5.43. The van der Waals surface area contributed by atoms with Gasteiger partial charge in [0.25, 0.3) is 0 Å². The Bertz CT molecular complexity index is 358. The molecule has 0 N–H and O–H groups in total. The van der Waals surface area contributed by atoms with Crippen molar-refractivity contribution in [3.8, 4) is 0 Å². The van der Waals surface area contributed by atoms with Gasteiger partial charge in [0.2, 0.25) is 0 Å². The zero-order valence-electron chi connectivity index (χ0n) is 10.4. The normalized spacial score (nSPS) is 11.5. The molecule has 0 atom stereocenters. The summed E-state index contributed by atoms with van der Waals surface area (Å²) < 4.78 is 4.78. The van der Waals surface area contributed by atoms with Gasteiger partial charge in [-0.3, -0.25) is 4.79 Å². The van der Waals surface area contributed by atoms with Crippen molar-refractivity contribution in [2.24, 2.45) is 5.41 Å². The molecule has 4 heteroatoms. The molecule has 1 aromatic heterocycles. The predicted molar refractivity (Wildman–Crippen MR) is 65.6 cm³/mol. The molecule has 0 radical (unpaired) electrons. The molecule has 1 heterocycles. The summed E-state index contributed by atoms with van der Waals surface area (Å²) in [6, 6.07) is 0. The summed E-state index contributed by atoms with van der Waals surface area (Å²) in [4.78, 5) is 16.0. The Morgan fingerprint density at radius 3 is 2.81 bits per heavy atom. The minimum Gasteiger partial charge on any atom is -0.469 e. The molecule has 1 rings (SSSR count). The van der Waals surface area contributed by atoms with Crippen molar-refractivity contribution in [1.29, 1.82) is 0 Å². The Kier molecular flexibility index (Phi) is 4.47. The molecule has 0 unspecified atom stereocenters. The van der Waals surface area contributed by atoms with Crippen LogP contribution in [0.15, 0.2) is 5.38 Å². The molecular weight excluding hydrogens is 222 g/mol. The standard InChI is InChI=1S/C12H19NO2S/c1-5-6-9-8-16-10(13-9)7-12(2,3)11(14)15-4/h8H,5-7H2,1-4H3. The van der Waals surface area contributed by atoms with Crippen LogP contribution in [-0.4, -0.2) is 18.1 Å². The monoisotopic (exact) mass is 241 g/mol. The van der Waals surface area contributed by atoms with E-state index in [0.29, 0.717) is 6.42 Å². The lowest BCUT2D eigenvalue weighted by Crippen LogP contribution is -2.27. The first-order valence-electron chi connectivity index (χ1n) is 5.51. The van der Waals surface area contributed by atoms with Crippen LogP contribution in [0.1, 0.15) is 37.9 Å². The van der Waals surface area contributed by atoms with E-state index in [4.69, 9.17) is 4.74 Å². The number of hydrogen-bond donors (Lipinski definition) is 0. The van der Waals surface area contributed by atoms with Crippen molar-refractivity contribution < 1.29 is 9.53 Å². The molecule has 0 bridgehead atoms. The third-order valence-corrected chi connectivity index (χ3v) is 3.33. The van der Waals surface area contributed by atoms with Crippen LogP contribution >= 0.6 is 11.3 Å². The van der Waals surface area contributed by atoms with E-state index in [-0.39, 0.29) is 5.97 Å². The van der Waals surface area contributed by atoms with Gasteiger partial charge in [0.1, 0.15) is 0 Å². The third kappa shape index (κ3) is 3.30. The summed E-state index contributed by atoms with van der Waals surface area (Å²) in [5, 5.41) is 3.09. The zero-order valence-corrected chi connectivity index (χ0v) is 11.2. The number of aryl methyl sites for hydroxylation is 1. The maximum atomic E-state index is 11.5. The number of thiazole rings is 1. The number of hydrogen-bond acceptors (Lipinski definition) is 4. The number of aromatic nitrogens is 1. The smallest absolute Gasteiger partial charge is 0.311 e. The molecular formula is C12H19NO2S. The SMILES string of the molecule is CCCc1csc(CC(C)(C)C(=O)OC)n1. The summed E-state index contributed by atoms with van der Waals surface area (Å²) in [7, 11) is 1.43.